The van der Waals surface area contributed by atoms with Crippen molar-refractivity contribution in [2.24, 2.45) is 11.7 Å². The van der Waals surface area contributed by atoms with Gasteiger partial charge in [0.25, 0.3) is 0 Å². The van der Waals surface area contributed by atoms with Crippen molar-refractivity contribution in [2.75, 3.05) is 5.32 Å². The van der Waals surface area contributed by atoms with Gasteiger partial charge in [-0.15, -0.1) is 0 Å². The first-order chi connectivity index (χ1) is 8.15. The molecule has 1 saturated carbocycles. The standard InChI is InChI=1S/C12H16ClN3O/c13-10-2-1-3-11(15-10)16-12(17)8-4-6-9(14)7-5-8/h1-3,8-9H,4-7,14H2,(H,15,16,17). The number of carbonyl (C=O) groups is 1. The van der Waals surface area contributed by atoms with Crippen molar-refractivity contribution in [2.45, 2.75) is 31.7 Å². The molecule has 1 fully saturated rings. The monoisotopic (exact) mass is 253 g/mol. The summed E-state index contributed by atoms with van der Waals surface area (Å²) in [4.78, 5) is 16.0. The van der Waals surface area contributed by atoms with Crippen molar-refractivity contribution in [3.05, 3.63) is 23.4 Å². The maximum absolute atomic E-state index is 12.0. The summed E-state index contributed by atoms with van der Waals surface area (Å²) in [5.74, 6) is 0.583. The van der Waals surface area contributed by atoms with Gasteiger partial charge in [-0.1, -0.05) is 17.7 Å². The lowest BCUT2D eigenvalue weighted by molar-refractivity contribution is -0.120. The Hall–Kier alpha value is -1.13. The van der Waals surface area contributed by atoms with E-state index in [0.29, 0.717) is 11.0 Å². The number of amides is 1. The lowest BCUT2D eigenvalue weighted by atomic mass is 9.86. The fraction of sp³-hybridized carbons (Fsp3) is 0.500. The quantitative estimate of drug-likeness (QED) is 0.794. The van der Waals surface area contributed by atoms with E-state index in [0.717, 1.165) is 25.7 Å². The normalized spacial score (nSPS) is 24.4. The van der Waals surface area contributed by atoms with Crippen LogP contribution in [-0.4, -0.2) is 16.9 Å². The highest BCUT2D eigenvalue weighted by Crippen LogP contribution is 2.24. The number of nitrogens with one attached hydrogen (secondary N) is 1. The van der Waals surface area contributed by atoms with Crippen LogP contribution in [0.2, 0.25) is 5.15 Å². The molecule has 1 aliphatic carbocycles. The van der Waals surface area contributed by atoms with Crippen LogP contribution in [0.4, 0.5) is 5.82 Å². The van der Waals surface area contributed by atoms with Gasteiger partial charge >= 0.3 is 0 Å². The molecule has 0 atom stereocenters. The average molecular weight is 254 g/mol. The molecule has 0 aromatic carbocycles. The number of hydrogen-bond acceptors (Lipinski definition) is 3. The minimum absolute atomic E-state index is 0.0201. The SMILES string of the molecule is NC1CCC(C(=O)Nc2cccc(Cl)n2)CC1. The molecule has 1 aromatic rings. The van der Waals surface area contributed by atoms with Crippen molar-refractivity contribution < 1.29 is 4.79 Å². The summed E-state index contributed by atoms with van der Waals surface area (Å²) in [6, 6.07) is 5.43. The number of pyridine rings is 1. The fourth-order valence-corrected chi connectivity index (χ4v) is 2.25. The number of rotatable bonds is 2. The Bertz CT molecular complexity index is 402. The van der Waals surface area contributed by atoms with E-state index in [-0.39, 0.29) is 17.9 Å². The molecule has 0 spiro atoms. The second-order valence-corrected chi connectivity index (χ2v) is 4.83. The van der Waals surface area contributed by atoms with Crippen LogP contribution in [0.25, 0.3) is 0 Å². The lowest BCUT2D eigenvalue weighted by Gasteiger charge is -2.24. The van der Waals surface area contributed by atoms with E-state index in [9.17, 15) is 4.79 Å². The Labute approximate surface area is 106 Å². The topological polar surface area (TPSA) is 68.0 Å². The zero-order valence-corrected chi connectivity index (χ0v) is 10.3. The molecule has 1 amide bonds. The maximum atomic E-state index is 12.0. The predicted molar refractivity (Wildman–Crippen MR) is 67.8 cm³/mol. The third-order valence-corrected chi connectivity index (χ3v) is 3.32. The van der Waals surface area contributed by atoms with E-state index in [4.69, 9.17) is 17.3 Å². The average Bonchev–Trinajstić information content (AvgIpc) is 2.29. The zero-order valence-electron chi connectivity index (χ0n) is 9.53. The van der Waals surface area contributed by atoms with Gasteiger partial charge in [0.2, 0.25) is 5.91 Å². The van der Waals surface area contributed by atoms with E-state index < -0.39 is 0 Å². The Morgan fingerprint density at radius 2 is 2.06 bits per heavy atom. The number of carbonyl (C=O) groups excluding carboxylic acids is 1. The summed E-state index contributed by atoms with van der Waals surface area (Å²) in [5, 5.41) is 3.17. The molecular weight excluding hydrogens is 238 g/mol. The molecule has 0 radical (unpaired) electrons. The van der Waals surface area contributed by atoms with E-state index in [2.05, 4.69) is 10.3 Å². The van der Waals surface area contributed by atoms with Gasteiger partial charge in [-0.25, -0.2) is 4.98 Å². The van der Waals surface area contributed by atoms with E-state index in [1.807, 2.05) is 0 Å². The Morgan fingerprint density at radius 3 is 2.71 bits per heavy atom. The van der Waals surface area contributed by atoms with Gasteiger partial charge in [0.1, 0.15) is 11.0 Å². The number of hydrogen-bond donors (Lipinski definition) is 2. The second kappa shape index (κ2) is 5.47. The highest BCUT2D eigenvalue weighted by molar-refractivity contribution is 6.29. The molecule has 5 heteroatoms. The summed E-state index contributed by atoms with van der Waals surface area (Å²) in [6.07, 6.45) is 3.54. The Morgan fingerprint density at radius 1 is 1.35 bits per heavy atom. The molecule has 3 N–H and O–H groups in total. The molecule has 0 aliphatic heterocycles. The van der Waals surface area contributed by atoms with Crippen molar-refractivity contribution in [3.8, 4) is 0 Å². The maximum Gasteiger partial charge on any atom is 0.228 e. The molecule has 1 aliphatic rings. The summed E-state index contributed by atoms with van der Waals surface area (Å²) in [6.45, 7) is 0. The fourth-order valence-electron chi connectivity index (χ4n) is 2.09. The van der Waals surface area contributed by atoms with E-state index in [1.165, 1.54) is 0 Å². The van der Waals surface area contributed by atoms with Crippen LogP contribution in [0, 0.1) is 5.92 Å². The van der Waals surface area contributed by atoms with Crippen LogP contribution < -0.4 is 11.1 Å². The second-order valence-electron chi connectivity index (χ2n) is 4.45. The number of anilines is 1. The minimum atomic E-state index is 0.0201. The molecule has 0 saturated heterocycles. The van der Waals surface area contributed by atoms with Crippen molar-refractivity contribution in [1.82, 2.24) is 4.98 Å². The van der Waals surface area contributed by atoms with Crippen LogP contribution in [0.15, 0.2) is 18.2 Å². The van der Waals surface area contributed by atoms with E-state index in [1.54, 1.807) is 18.2 Å². The predicted octanol–water partition coefficient (Wildman–Crippen LogP) is 2.19. The Kier molecular flexibility index (Phi) is 3.97. The number of aromatic nitrogens is 1. The lowest BCUT2D eigenvalue weighted by Crippen LogP contribution is -2.32. The summed E-state index contributed by atoms with van der Waals surface area (Å²) in [5.41, 5.74) is 5.81. The van der Waals surface area contributed by atoms with Crippen LogP contribution in [0.3, 0.4) is 0 Å². The van der Waals surface area contributed by atoms with Crippen molar-refractivity contribution in [1.29, 1.82) is 0 Å². The molecule has 17 heavy (non-hydrogen) atoms. The van der Waals surface area contributed by atoms with E-state index >= 15 is 0 Å². The molecule has 4 nitrogen and oxygen atoms in total. The van der Waals surface area contributed by atoms with Gasteiger partial charge in [0, 0.05) is 12.0 Å². The highest BCUT2D eigenvalue weighted by Gasteiger charge is 2.24. The van der Waals surface area contributed by atoms with Crippen LogP contribution in [0.5, 0.6) is 0 Å². The molecular formula is C12H16ClN3O. The van der Waals surface area contributed by atoms with Gasteiger partial charge in [0.15, 0.2) is 0 Å². The molecule has 92 valence electrons. The number of halogens is 1. The highest BCUT2D eigenvalue weighted by atomic mass is 35.5. The summed E-state index contributed by atoms with van der Waals surface area (Å²) < 4.78 is 0. The van der Waals surface area contributed by atoms with Gasteiger partial charge in [-0.05, 0) is 37.8 Å². The first-order valence-electron chi connectivity index (χ1n) is 5.84. The number of nitrogens with zero attached hydrogens (tertiary/aromatic N) is 1. The third kappa shape index (κ3) is 3.41. The molecule has 2 rings (SSSR count). The largest absolute Gasteiger partial charge is 0.328 e. The van der Waals surface area contributed by atoms with Crippen LogP contribution in [0.1, 0.15) is 25.7 Å². The Balaban J connectivity index is 1.93. The van der Waals surface area contributed by atoms with Crippen molar-refractivity contribution >= 4 is 23.3 Å². The van der Waals surface area contributed by atoms with Gasteiger partial charge in [-0.3, -0.25) is 4.79 Å². The smallest absolute Gasteiger partial charge is 0.228 e. The number of nitrogens with two attached hydrogens (primary N) is 1. The molecule has 1 heterocycles. The molecule has 0 bridgehead atoms. The molecule has 1 aromatic heterocycles. The van der Waals surface area contributed by atoms with Crippen LogP contribution in [-0.2, 0) is 4.79 Å². The molecule has 0 unspecified atom stereocenters. The first-order valence-corrected chi connectivity index (χ1v) is 6.22. The third-order valence-electron chi connectivity index (χ3n) is 3.11. The summed E-state index contributed by atoms with van der Waals surface area (Å²) in [7, 11) is 0. The van der Waals surface area contributed by atoms with Crippen molar-refractivity contribution in [3.63, 3.8) is 0 Å². The minimum Gasteiger partial charge on any atom is -0.328 e. The zero-order chi connectivity index (χ0) is 12.3. The first kappa shape index (κ1) is 12.3. The van der Waals surface area contributed by atoms with Gasteiger partial charge in [0.05, 0.1) is 0 Å². The summed E-state index contributed by atoms with van der Waals surface area (Å²) >= 11 is 5.75. The van der Waals surface area contributed by atoms with Gasteiger partial charge in [-0.2, -0.15) is 0 Å². The van der Waals surface area contributed by atoms with Gasteiger partial charge < -0.3 is 11.1 Å². The van der Waals surface area contributed by atoms with Crippen LogP contribution >= 0.6 is 11.6 Å².